The Balaban J connectivity index is 1.42. The van der Waals surface area contributed by atoms with Gasteiger partial charge in [-0.1, -0.05) is 12.1 Å². The van der Waals surface area contributed by atoms with Crippen LogP contribution in [0.25, 0.3) is 0 Å². The lowest BCUT2D eigenvalue weighted by Gasteiger charge is -2.37. The molecule has 10 nitrogen and oxygen atoms in total. The van der Waals surface area contributed by atoms with Crippen LogP contribution in [0.3, 0.4) is 0 Å². The fourth-order valence-corrected chi connectivity index (χ4v) is 5.00. The van der Waals surface area contributed by atoms with Gasteiger partial charge in [0.1, 0.15) is 11.6 Å². The van der Waals surface area contributed by atoms with Gasteiger partial charge in [-0.25, -0.2) is 8.42 Å². The quantitative estimate of drug-likeness (QED) is 0.620. The third kappa shape index (κ3) is 3.89. The molecule has 1 aromatic carbocycles. The van der Waals surface area contributed by atoms with E-state index in [-0.39, 0.29) is 36.5 Å². The number of ether oxygens (including phenoxy) is 2. The summed E-state index contributed by atoms with van der Waals surface area (Å²) in [5.74, 6) is 0.161. The molecule has 0 aliphatic carbocycles. The standard InChI is InChI=1S/C21H22N4O6S/c26-20(15-5-6-19-22-32(28,29)12-9-24(19)13-15)25-14-18(21(27)23-7-10-30-11-8-23)31-17-4-2-1-3-16(17)25/h1-6,13,18H,7-12,14H2. The third-order valence-electron chi connectivity index (χ3n) is 5.69. The molecule has 4 aliphatic rings. The largest absolute Gasteiger partial charge is 0.476 e. The van der Waals surface area contributed by atoms with Crippen molar-refractivity contribution < 1.29 is 27.5 Å². The van der Waals surface area contributed by atoms with Gasteiger partial charge in [-0.05, 0) is 24.3 Å². The lowest BCUT2D eigenvalue weighted by Crippen LogP contribution is -2.54. The molecule has 11 heteroatoms. The summed E-state index contributed by atoms with van der Waals surface area (Å²) in [5, 5.41) is 0. The summed E-state index contributed by atoms with van der Waals surface area (Å²) in [4.78, 5) is 31.4. The number of hydrogen-bond donors (Lipinski definition) is 0. The van der Waals surface area contributed by atoms with E-state index >= 15 is 0 Å². The molecule has 1 saturated heterocycles. The van der Waals surface area contributed by atoms with Crippen LogP contribution in [0.1, 0.15) is 0 Å². The van der Waals surface area contributed by atoms with Crippen molar-refractivity contribution in [3.63, 3.8) is 0 Å². The number of carbonyl (C=O) groups is 2. The SMILES string of the molecule is O=C(C1CN(C(=O)C2=CN3CCS(=O)(=O)N=C3C=C2)c2ccccc2O1)N1CCOCC1. The van der Waals surface area contributed by atoms with Crippen LogP contribution >= 0.6 is 0 Å². The second-order valence-corrected chi connectivity index (χ2v) is 9.53. The number of nitrogens with zero attached hydrogens (tertiary/aromatic N) is 4. The van der Waals surface area contributed by atoms with E-state index in [9.17, 15) is 18.0 Å². The first-order valence-corrected chi connectivity index (χ1v) is 12.0. The van der Waals surface area contributed by atoms with Crippen LogP contribution in [0.15, 0.2) is 52.6 Å². The molecule has 0 aromatic heterocycles. The maximum absolute atomic E-state index is 13.5. The van der Waals surface area contributed by atoms with E-state index in [2.05, 4.69) is 4.40 Å². The van der Waals surface area contributed by atoms with Gasteiger partial charge in [0.25, 0.3) is 21.8 Å². The van der Waals surface area contributed by atoms with E-state index in [1.54, 1.807) is 51.2 Å². The van der Waals surface area contributed by atoms with E-state index in [1.165, 1.54) is 6.08 Å². The van der Waals surface area contributed by atoms with Crippen molar-refractivity contribution in [2.24, 2.45) is 4.40 Å². The Morgan fingerprint density at radius 2 is 1.84 bits per heavy atom. The Hall–Kier alpha value is -3.18. The van der Waals surface area contributed by atoms with E-state index in [1.807, 2.05) is 0 Å². The minimum Gasteiger partial charge on any atom is -0.476 e. The molecule has 0 N–H and O–H groups in total. The molecule has 4 aliphatic heterocycles. The van der Waals surface area contributed by atoms with Crippen LogP contribution in [-0.2, 0) is 24.3 Å². The molecule has 5 rings (SSSR count). The Morgan fingerprint density at radius 1 is 1.06 bits per heavy atom. The van der Waals surface area contributed by atoms with Crippen molar-refractivity contribution in [2.45, 2.75) is 6.10 Å². The number of anilines is 1. The minimum absolute atomic E-state index is 0.0759. The van der Waals surface area contributed by atoms with Gasteiger partial charge in [-0.2, -0.15) is 0 Å². The Labute approximate surface area is 185 Å². The van der Waals surface area contributed by atoms with Crippen molar-refractivity contribution in [3.8, 4) is 5.75 Å². The predicted molar refractivity (Wildman–Crippen MR) is 116 cm³/mol. The number of para-hydroxylation sites is 2. The van der Waals surface area contributed by atoms with Gasteiger partial charge in [-0.15, -0.1) is 4.40 Å². The first-order valence-electron chi connectivity index (χ1n) is 10.3. The number of amides is 2. The summed E-state index contributed by atoms with van der Waals surface area (Å²) in [7, 11) is -3.48. The number of benzene rings is 1. The van der Waals surface area contributed by atoms with Crippen LogP contribution in [0, 0.1) is 0 Å². The number of rotatable bonds is 2. The predicted octanol–water partition coefficient (Wildman–Crippen LogP) is 0.137. The zero-order valence-corrected chi connectivity index (χ0v) is 18.0. The molecule has 0 radical (unpaired) electrons. The van der Waals surface area contributed by atoms with Gasteiger partial charge in [0, 0.05) is 25.8 Å². The zero-order valence-electron chi connectivity index (χ0n) is 17.2. The first kappa shape index (κ1) is 20.7. The number of amidine groups is 1. The molecule has 0 spiro atoms. The molecule has 0 bridgehead atoms. The fourth-order valence-electron chi connectivity index (χ4n) is 4.03. The zero-order chi connectivity index (χ0) is 22.3. The second kappa shape index (κ2) is 8.06. The maximum Gasteiger partial charge on any atom is 0.265 e. The third-order valence-corrected chi connectivity index (χ3v) is 6.85. The van der Waals surface area contributed by atoms with Gasteiger partial charge in [0.15, 0.2) is 6.10 Å². The smallest absolute Gasteiger partial charge is 0.265 e. The molecule has 4 heterocycles. The maximum atomic E-state index is 13.5. The molecule has 1 aromatic rings. The van der Waals surface area contributed by atoms with Crippen molar-refractivity contribution in [2.75, 3.05) is 50.0 Å². The summed E-state index contributed by atoms with van der Waals surface area (Å²) in [6.45, 7) is 2.23. The number of hydrogen-bond acceptors (Lipinski definition) is 7. The highest BCUT2D eigenvalue weighted by molar-refractivity contribution is 7.90. The first-order chi connectivity index (χ1) is 15.4. The van der Waals surface area contributed by atoms with Crippen LogP contribution in [0.4, 0.5) is 5.69 Å². The topological polar surface area (TPSA) is 109 Å². The number of sulfonamides is 1. The summed E-state index contributed by atoms with van der Waals surface area (Å²) < 4.78 is 38.5. The summed E-state index contributed by atoms with van der Waals surface area (Å²) in [5.41, 5.74) is 0.955. The average Bonchev–Trinajstić information content (AvgIpc) is 2.82. The van der Waals surface area contributed by atoms with Crippen molar-refractivity contribution in [3.05, 3.63) is 48.2 Å². The summed E-state index contributed by atoms with van der Waals surface area (Å²) in [6.07, 6.45) is 3.85. The minimum atomic E-state index is -3.48. The molecular formula is C21H22N4O6S. The van der Waals surface area contributed by atoms with Gasteiger partial charge < -0.3 is 24.2 Å². The lowest BCUT2D eigenvalue weighted by atomic mass is 10.1. The van der Waals surface area contributed by atoms with Crippen molar-refractivity contribution >= 4 is 33.4 Å². The Morgan fingerprint density at radius 3 is 2.66 bits per heavy atom. The molecule has 32 heavy (non-hydrogen) atoms. The van der Waals surface area contributed by atoms with Gasteiger partial charge >= 0.3 is 0 Å². The second-order valence-electron chi connectivity index (χ2n) is 7.77. The number of morpholine rings is 1. The summed E-state index contributed by atoms with van der Waals surface area (Å²) in [6, 6.07) is 7.10. The van der Waals surface area contributed by atoms with E-state index < -0.39 is 16.1 Å². The highest BCUT2D eigenvalue weighted by atomic mass is 32.2. The molecule has 2 amide bonds. The molecule has 1 unspecified atom stereocenters. The van der Waals surface area contributed by atoms with Crippen molar-refractivity contribution in [1.29, 1.82) is 0 Å². The van der Waals surface area contributed by atoms with Gasteiger partial charge in [0.2, 0.25) is 0 Å². The molecule has 1 atom stereocenters. The van der Waals surface area contributed by atoms with E-state index in [4.69, 9.17) is 9.47 Å². The van der Waals surface area contributed by atoms with Crippen LogP contribution < -0.4 is 9.64 Å². The monoisotopic (exact) mass is 458 g/mol. The summed E-state index contributed by atoms with van der Waals surface area (Å²) >= 11 is 0. The highest BCUT2D eigenvalue weighted by Gasteiger charge is 2.37. The van der Waals surface area contributed by atoms with Gasteiger partial charge in [-0.3, -0.25) is 9.59 Å². The molecule has 0 saturated carbocycles. The number of fused-ring (bicyclic) bond motifs is 2. The van der Waals surface area contributed by atoms with Crippen LogP contribution in [0.5, 0.6) is 5.75 Å². The lowest BCUT2D eigenvalue weighted by molar-refractivity contribution is -0.142. The number of carbonyl (C=O) groups excluding carboxylic acids is 2. The van der Waals surface area contributed by atoms with E-state index in [0.717, 1.165) is 0 Å². The Bertz CT molecular complexity index is 1150. The van der Waals surface area contributed by atoms with Crippen LogP contribution in [0.2, 0.25) is 0 Å². The van der Waals surface area contributed by atoms with Crippen LogP contribution in [-0.4, -0.2) is 87.1 Å². The molecular weight excluding hydrogens is 436 g/mol. The fraction of sp³-hybridized carbons (Fsp3) is 0.381. The average molecular weight is 458 g/mol. The molecule has 1 fully saturated rings. The normalized spacial score (nSPS) is 24.0. The van der Waals surface area contributed by atoms with E-state index in [0.29, 0.717) is 43.3 Å². The Kier molecular flexibility index (Phi) is 5.22. The van der Waals surface area contributed by atoms with Crippen molar-refractivity contribution in [1.82, 2.24) is 9.80 Å². The highest BCUT2D eigenvalue weighted by Crippen LogP contribution is 2.35. The molecule has 168 valence electrons. The van der Waals surface area contributed by atoms with Gasteiger partial charge in [0.05, 0.1) is 36.8 Å².